The zero-order valence-corrected chi connectivity index (χ0v) is 10.4. The van der Waals surface area contributed by atoms with Gasteiger partial charge in [-0.05, 0) is 31.2 Å². The lowest BCUT2D eigenvalue weighted by Crippen LogP contribution is -2.43. The molecule has 0 spiro atoms. The number of carbonyl (C=O) groups excluding carboxylic acids is 1. The fourth-order valence-corrected chi connectivity index (χ4v) is 2.02. The zero-order chi connectivity index (χ0) is 12.0. The molecule has 1 aliphatic rings. The van der Waals surface area contributed by atoms with Gasteiger partial charge < -0.3 is 15.8 Å². The van der Waals surface area contributed by atoms with E-state index >= 15 is 0 Å². The Balaban J connectivity index is 2.39. The number of hydrogen-bond donors (Lipinski definition) is 2. The summed E-state index contributed by atoms with van der Waals surface area (Å²) in [4.78, 5) is 11.8. The number of nitrogens with one attached hydrogen (secondary N) is 1. The maximum Gasteiger partial charge on any atom is 0.225 e. The fraction of sp³-hybridized carbons (Fsp3) is 0.917. The average Bonchev–Trinajstić information content (AvgIpc) is 2.85. The van der Waals surface area contributed by atoms with Crippen molar-refractivity contribution in [3.63, 3.8) is 0 Å². The fourth-order valence-electron chi connectivity index (χ4n) is 2.02. The standard InChI is InChI=1S/C12H24N2O2/c1-3-12(4-2,8-13)9-14-11(15)10-5-6-16-7-10/h10H,3-9,13H2,1-2H3,(H,14,15). The molecule has 1 saturated heterocycles. The highest BCUT2D eigenvalue weighted by molar-refractivity contribution is 5.79. The van der Waals surface area contributed by atoms with E-state index in [4.69, 9.17) is 10.5 Å². The molecule has 0 aromatic carbocycles. The highest BCUT2D eigenvalue weighted by atomic mass is 16.5. The van der Waals surface area contributed by atoms with E-state index < -0.39 is 0 Å². The Bertz CT molecular complexity index is 213. The van der Waals surface area contributed by atoms with Crippen molar-refractivity contribution >= 4 is 5.91 Å². The molecule has 16 heavy (non-hydrogen) atoms. The predicted octanol–water partition coefficient (Wildman–Crippen LogP) is 0.904. The van der Waals surface area contributed by atoms with Crippen LogP contribution in [0.3, 0.4) is 0 Å². The van der Waals surface area contributed by atoms with E-state index in [1.165, 1.54) is 0 Å². The molecule has 1 heterocycles. The van der Waals surface area contributed by atoms with E-state index in [0.717, 1.165) is 19.3 Å². The Morgan fingerprint density at radius 1 is 1.50 bits per heavy atom. The van der Waals surface area contributed by atoms with E-state index in [1.807, 2.05) is 0 Å². The molecule has 1 aliphatic heterocycles. The third-order valence-corrected chi connectivity index (χ3v) is 3.87. The summed E-state index contributed by atoms with van der Waals surface area (Å²) in [6.07, 6.45) is 2.85. The first-order chi connectivity index (χ1) is 7.67. The van der Waals surface area contributed by atoms with Gasteiger partial charge in [0.1, 0.15) is 0 Å². The number of amides is 1. The van der Waals surface area contributed by atoms with E-state index in [0.29, 0.717) is 26.3 Å². The number of carbonyl (C=O) groups is 1. The van der Waals surface area contributed by atoms with Gasteiger partial charge in [0.2, 0.25) is 5.91 Å². The van der Waals surface area contributed by atoms with Gasteiger partial charge in [-0.3, -0.25) is 4.79 Å². The summed E-state index contributed by atoms with van der Waals surface area (Å²) in [5.74, 6) is 0.168. The number of rotatable bonds is 6. The molecule has 0 radical (unpaired) electrons. The third kappa shape index (κ3) is 3.19. The average molecular weight is 228 g/mol. The minimum Gasteiger partial charge on any atom is -0.381 e. The van der Waals surface area contributed by atoms with Crippen LogP contribution in [0.4, 0.5) is 0 Å². The lowest BCUT2D eigenvalue weighted by Gasteiger charge is -2.30. The minimum atomic E-state index is 0.0455. The Kier molecular flexibility index (Phi) is 5.22. The van der Waals surface area contributed by atoms with Crippen LogP contribution in [0.1, 0.15) is 33.1 Å². The Hall–Kier alpha value is -0.610. The Morgan fingerprint density at radius 3 is 2.62 bits per heavy atom. The molecule has 94 valence electrons. The molecule has 4 nitrogen and oxygen atoms in total. The van der Waals surface area contributed by atoms with Crippen LogP contribution in [0, 0.1) is 11.3 Å². The quantitative estimate of drug-likeness (QED) is 0.710. The molecular formula is C12H24N2O2. The van der Waals surface area contributed by atoms with Crippen molar-refractivity contribution in [2.75, 3.05) is 26.3 Å². The molecule has 1 rings (SSSR count). The number of nitrogens with two attached hydrogens (primary N) is 1. The van der Waals surface area contributed by atoms with Crippen LogP contribution in [0.15, 0.2) is 0 Å². The lowest BCUT2D eigenvalue weighted by molar-refractivity contribution is -0.125. The second-order valence-corrected chi connectivity index (χ2v) is 4.69. The van der Waals surface area contributed by atoms with E-state index in [1.54, 1.807) is 0 Å². The summed E-state index contributed by atoms with van der Waals surface area (Å²) in [5.41, 5.74) is 5.86. The predicted molar refractivity (Wildman–Crippen MR) is 64.0 cm³/mol. The SMILES string of the molecule is CCC(CC)(CN)CNC(=O)C1CCOC1. The van der Waals surface area contributed by atoms with Crippen LogP contribution in [0.25, 0.3) is 0 Å². The van der Waals surface area contributed by atoms with Crippen molar-refractivity contribution < 1.29 is 9.53 Å². The summed E-state index contributed by atoms with van der Waals surface area (Å²) >= 11 is 0. The van der Waals surface area contributed by atoms with Crippen molar-refractivity contribution in [2.45, 2.75) is 33.1 Å². The van der Waals surface area contributed by atoms with Gasteiger partial charge in [0.05, 0.1) is 12.5 Å². The molecule has 0 aromatic rings. The first kappa shape index (κ1) is 13.5. The second-order valence-electron chi connectivity index (χ2n) is 4.69. The van der Waals surface area contributed by atoms with Gasteiger partial charge in [0, 0.05) is 13.2 Å². The second kappa shape index (κ2) is 6.21. The smallest absolute Gasteiger partial charge is 0.225 e. The summed E-state index contributed by atoms with van der Waals surface area (Å²) < 4.78 is 5.20. The topological polar surface area (TPSA) is 64.3 Å². The van der Waals surface area contributed by atoms with Crippen LogP contribution >= 0.6 is 0 Å². The molecule has 0 aromatic heterocycles. The Morgan fingerprint density at radius 2 is 2.19 bits per heavy atom. The molecule has 0 bridgehead atoms. The number of hydrogen-bond acceptors (Lipinski definition) is 3. The van der Waals surface area contributed by atoms with E-state index in [9.17, 15) is 4.79 Å². The van der Waals surface area contributed by atoms with Gasteiger partial charge in [0.25, 0.3) is 0 Å². The van der Waals surface area contributed by atoms with Crippen molar-refractivity contribution in [2.24, 2.45) is 17.1 Å². The van der Waals surface area contributed by atoms with E-state index in [2.05, 4.69) is 19.2 Å². The minimum absolute atomic E-state index is 0.0455. The molecule has 3 N–H and O–H groups in total. The highest BCUT2D eigenvalue weighted by Crippen LogP contribution is 2.24. The van der Waals surface area contributed by atoms with Crippen LogP contribution < -0.4 is 11.1 Å². The summed E-state index contributed by atoms with van der Waals surface area (Å²) in [6.45, 7) is 6.84. The van der Waals surface area contributed by atoms with Crippen molar-refractivity contribution in [1.29, 1.82) is 0 Å². The van der Waals surface area contributed by atoms with Crippen LogP contribution in [-0.4, -0.2) is 32.2 Å². The van der Waals surface area contributed by atoms with Gasteiger partial charge in [0.15, 0.2) is 0 Å². The first-order valence-electron chi connectivity index (χ1n) is 6.23. The molecule has 4 heteroatoms. The molecular weight excluding hydrogens is 204 g/mol. The highest BCUT2D eigenvalue weighted by Gasteiger charge is 2.28. The van der Waals surface area contributed by atoms with Crippen molar-refractivity contribution in [3.8, 4) is 0 Å². The molecule has 0 aliphatic carbocycles. The molecule has 0 saturated carbocycles. The maximum atomic E-state index is 11.8. The van der Waals surface area contributed by atoms with Crippen LogP contribution in [0.2, 0.25) is 0 Å². The van der Waals surface area contributed by atoms with Crippen LogP contribution in [0.5, 0.6) is 0 Å². The summed E-state index contributed by atoms with van der Waals surface area (Å²) in [6, 6.07) is 0. The molecule has 1 atom stereocenters. The van der Waals surface area contributed by atoms with Gasteiger partial charge in [-0.25, -0.2) is 0 Å². The normalized spacial score (nSPS) is 21.1. The van der Waals surface area contributed by atoms with Crippen molar-refractivity contribution in [3.05, 3.63) is 0 Å². The molecule has 1 fully saturated rings. The number of ether oxygens (including phenoxy) is 1. The van der Waals surface area contributed by atoms with Gasteiger partial charge in [-0.15, -0.1) is 0 Å². The maximum absolute atomic E-state index is 11.8. The van der Waals surface area contributed by atoms with Gasteiger partial charge >= 0.3 is 0 Å². The molecule has 1 unspecified atom stereocenters. The summed E-state index contributed by atoms with van der Waals surface area (Å²) in [5, 5.41) is 3.02. The zero-order valence-electron chi connectivity index (χ0n) is 10.4. The van der Waals surface area contributed by atoms with Crippen molar-refractivity contribution in [1.82, 2.24) is 5.32 Å². The van der Waals surface area contributed by atoms with Gasteiger partial charge in [-0.1, -0.05) is 13.8 Å². The Labute approximate surface area is 97.9 Å². The van der Waals surface area contributed by atoms with Gasteiger partial charge in [-0.2, -0.15) is 0 Å². The third-order valence-electron chi connectivity index (χ3n) is 3.87. The lowest BCUT2D eigenvalue weighted by atomic mass is 9.82. The molecule has 1 amide bonds. The van der Waals surface area contributed by atoms with Crippen LogP contribution in [-0.2, 0) is 9.53 Å². The first-order valence-corrected chi connectivity index (χ1v) is 6.23. The monoisotopic (exact) mass is 228 g/mol. The van der Waals surface area contributed by atoms with E-state index in [-0.39, 0.29) is 17.2 Å². The summed E-state index contributed by atoms with van der Waals surface area (Å²) in [7, 11) is 0. The largest absolute Gasteiger partial charge is 0.381 e.